The van der Waals surface area contributed by atoms with Gasteiger partial charge < -0.3 is 5.32 Å². The second-order valence-corrected chi connectivity index (χ2v) is 3.45. The number of rotatable bonds is 3. The molecule has 1 heterocycles. The van der Waals surface area contributed by atoms with Gasteiger partial charge in [-0.3, -0.25) is 9.48 Å². The van der Waals surface area contributed by atoms with Crippen LogP contribution in [0.25, 0.3) is 0 Å². The van der Waals surface area contributed by atoms with Crippen LogP contribution < -0.4 is 5.32 Å². The molecule has 5 nitrogen and oxygen atoms in total. The highest BCUT2D eigenvalue weighted by molar-refractivity contribution is 9.09. The van der Waals surface area contributed by atoms with Gasteiger partial charge in [-0.2, -0.15) is 0 Å². The van der Waals surface area contributed by atoms with Gasteiger partial charge in [-0.05, 0) is 6.92 Å². The van der Waals surface area contributed by atoms with Crippen molar-refractivity contribution in [2.45, 2.75) is 13.0 Å². The molecule has 0 aliphatic heterocycles. The molecule has 0 saturated carbocycles. The second kappa shape index (κ2) is 4.36. The molecule has 1 aromatic heterocycles. The molecule has 13 heavy (non-hydrogen) atoms. The van der Waals surface area contributed by atoms with Gasteiger partial charge in [0.05, 0.1) is 6.20 Å². The molecule has 0 saturated heterocycles. The first-order valence-corrected chi connectivity index (χ1v) is 4.98. The van der Waals surface area contributed by atoms with E-state index in [2.05, 4.69) is 31.6 Å². The molecule has 0 bridgehead atoms. The first-order chi connectivity index (χ1) is 6.13. The fourth-order valence-electron chi connectivity index (χ4n) is 0.788. The molecule has 1 unspecified atom stereocenters. The maximum atomic E-state index is 11.4. The van der Waals surface area contributed by atoms with Gasteiger partial charge >= 0.3 is 0 Å². The summed E-state index contributed by atoms with van der Waals surface area (Å²) in [6.07, 6.45) is 1.58. The molecule has 0 aliphatic carbocycles. The SMILES string of the molecule is CC(CBr)NC(=O)c1cn(C)nn1. The van der Waals surface area contributed by atoms with Crippen LogP contribution in [-0.4, -0.2) is 32.3 Å². The van der Waals surface area contributed by atoms with Gasteiger partial charge in [-0.1, -0.05) is 21.1 Å². The summed E-state index contributed by atoms with van der Waals surface area (Å²) in [6.45, 7) is 1.91. The largest absolute Gasteiger partial charge is 0.347 e. The van der Waals surface area contributed by atoms with Gasteiger partial charge in [0, 0.05) is 18.4 Å². The monoisotopic (exact) mass is 246 g/mol. The van der Waals surface area contributed by atoms with Gasteiger partial charge in [-0.25, -0.2) is 0 Å². The van der Waals surface area contributed by atoms with Crippen LogP contribution in [0.1, 0.15) is 17.4 Å². The van der Waals surface area contributed by atoms with E-state index in [1.54, 1.807) is 13.2 Å². The highest BCUT2D eigenvalue weighted by Crippen LogP contribution is 1.94. The molecular formula is C7H11BrN4O. The third-order valence-electron chi connectivity index (χ3n) is 1.44. The number of halogens is 1. The van der Waals surface area contributed by atoms with Crippen molar-refractivity contribution in [2.24, 2.45) is 7.05 Å². The van der Waals surface area contributed by atoms with Gasteiger partial charge in [-0.15, -0.1) is 5.10 Å². The van der Waals surface area contributed by atoms with Crippen molar-refractivity contribution in [2.75, 3.05) is 5.33 Å². The Morgan fingerprint density at radius 3 is 3.00 bits per heavy atom. The lowest BCUT2D eigenvalue weighted by atomic mass is 10.3. The van der Waals surface area contributed by atoms with E-state index in [9.17, 15) is 4.79 Å². The van der Waals surface area contributed by atoms with E-state index in [0.717, 1.165) is 5.33 Å². The maximum Gasteiger partial charge on any atom is 0.273 e. The number of carbonyl (C=O) groups excluding carboxylic acids is 1. The number of alkyl halides is 1. The molecular weight excluding hydrogens is 236 g/mol. The fraction of sp³-hybridized carbons (Fsp3) is 0.571. The van der Waals surface area contributed by atoms with Crippen LogP contribution >= 0.6 is 15.9 Å². The van der Waals surface area contributed by atoms with Crippen molar-refractivity contribution in [3.63, 3.8) is 0 Å². The summed E-state index contributed by atoms with van der Waals surface area (Å²) in [7, 11) is 1.72. The number of nitrogens with zero attached hydrogens (tertiary/aromatic N) is 3. The first-order valence-electron chi connectivity index (χ1n) is 3.86. The second-order valence-electron chi connectivity index (χ2n) is 2.81. The van der Waals surface area contributed by atoms with E-state index in [4.69, 9.17) is 0 Å². The predicted octanol–water partition coefficient (Wildman–Crippen LogP) is 0.328. The number of aryl methyl sites for hydroxylation is 1. The zero-order chi connectivity index (χ0) is 9.84. The van der Waals surface area contributed by atoms with Crippen LogP contribution in [0.3, 0.4) is 0 Å². The number of aromatic nitrogens is 3. The predicted molar refractivity (Wildman–Crippen MR) is 51.7 cm³/mol. The maximum absolute atomic E-state index is 11.4. The fourth-order valence-corrected chi connectivity index (χ4v) is 0.950. The molecule has 0 aliphatic rings. The minimum Gasteiger partial charge on any atom is -0.347 e. The Bertz CT molecular complexity index is 298. The number of amides is 1. The third-order valence-corrected chi connectivity index (χ3v) is 2.42. The van der Waals surface area contributed by atoms with E-state index in [1.165, 1.54) is 4.68 Å². The van der Waals surface area contributed by atoms with Gasteiger partial charge in [0.2, 0.25) is 0 Å². The average molecular weight is 247 g/mol. The van der Waals surface area contributed by atoms with Crippen molar-refractivity contribution in [3.05, 3.63) is 11.9 Å². The summed E-state index contributed by atoms with van der Waals surface area (Å²) < 4.78 is 1.49. The Labute approximate surface area is 84.6 Å². The van der Waals surface area contributed by atoms with Crippen LogP contribution in [0.5, 0.6) is 0 Å². The first kappa shape index (κ1) is 10.2. The molecule has 6 heteroatoms. The molecule has 1 atom stereocenters. The number of hydrogen-bond donors (Lipinski definition) is 1. The summed E-state index contributed by atoms with van der Waals surface area (Å²) >= 11 is 3.27. The van der Waals surface area contributed by atoms with Crippen molar-refractivity contribution in [3.8, 4) is 0 Å². The standard InChI is InChI=1S/C7H11BrN4O/c1-5(3-8)9-7(13)6-4-12(2)11-10-6/h4-5H,3H2,1-2H3,(H,9,13). The smallest absolute Gasteiger partial charge is 0.273 e. The van der Waals surface area contributed by atoms with Gasteiger partial charge in [0.15, 0.2) is 5.69 Å². The Balaban J connectivity index is 2.58. The molecule has 1 rings (SSSR count). The minimum atomic E-state index is -0.194. The van der Waals surface area contributed by atoms with Crippen molar-refractivity contribution >= 4 is 21.8 Å². The zero-order valence-corrected chi connectivity index (χ0v) is 9.08. The number of hydrogen-bond acceptors (Lipinski definition) is 3. The Hall–Kier alpha value is -0.910. The molecule has 72 valence electrons. The lowest BCUT2D eigenvalue weighted by Crippen LogP contribution is -2.33. The van der Waals surface area contributed by atoms with Crippen LogP contribution in [0, 0.1) is 0 Å². The topological polar surface area (TPSA) is 59.8 Å². The highest BCUT2D eigenvalue weighted by atomic mass is 79.9. The third kappa shape index (κ3) is 2.80. The van der Waals surface area contributed by atoms with Gasteiger partial charge in [0.1, 0.15) is 0 Å². The van der Waals surface area contributed by atoms with E-state index < -0.39 is 0 Å². The lowest BCUT2D eigenvalue weighted by Gasteiger charge is -2.07. The van der Waals surface area contributed by atoms with Crippen molar-refractivity contribution in [1.82, 2.24) is 20.3 Å². The molecule has 1 amide bonds. The van der Waals surface area contributed by atoms with Crippen LogP contribution in [0.4, 0.5) is 0 Å². The number of carbonyl (C=O) groups is 1. The van der Waals surface area contributed by atoms with Crippen LogP contribution in [0.2, 0.25) is 0 Å². The molecule has 1 aromatic rings. The Morgan fingerprint density at radius 2 is 2.54 bits per heavy atom. The van der Waals surface area contributed by atoms with E-state index >= 15 is 0 Å². The van der Waals surface area contributed by atoms with Crippen LogP contribution in [-0.2, 0) is 7.05 Å². The summed E-state index contributed by atoms with van der Waals surface area (Å²) in [5.74, 6) is -0.194. The summed E-state index contributed by atoms with van der Waals surface area (Å²) in [4.78, 5) is 11.4. The highest BCUT2D eigenvalue weighted by Gasteiger charge is 2.11. The van der Waals surface area contributed by atoms with E-state index in [0.29, 0.717) is 5.69 Å². The molecule has 0 radical (unpaired) electrons. The zero-order valence-electron chi connectivity index (χ0n) is 7.49. The normalized spacial score (nSPS) is 12.5. The molecule has 0 spiro atoms. The van der Waals surface area contributed by atoms with Crippen molar-refractivity contribution < 1.29 is 4.79 Å². The molecule has 0 aromatic carbocycles. The Morgan fingerprint density at radius 1 is 1.85 bits per heavy atom. The summed E-state index contributed by atoms with van der Waals surface area (Å²) in [5.41, 5.74) is 0.343. The quantitative estimate of drug-likeness (QED) is 0.783. The van der Waals surface area contributed by atoms with Crippen molar-refractivity contribution in [1.29, 1.82) is 0 Å². The Kier molecular flexibility index (Phi) is 3.41. The molecule has 1 N–H and O–H groups in total. The minimum absolute atomic E-state index is 0.0921. The molecule has 0 fully saturated rings. The number of nitrogens with one attached hydrogen (secondary N) is 1. The lowest BCUT2D eigenvalue weighted by molar-refractivity contribution is 0.0939. The summed E-state index contributed by atoms with van der Waals surface area (Å²) in [6, 6.07) is 0.0921. The van der Waals surface area contributed by atoms with E-state index in [-0.39, 0.29) is 11.9 Å². The van der Waals surface area contributed by atoms with Gasteiger partial charge in [0.25, 0.3) is 5.91 Å². The average Bonchev–Trinajstić information content (AvgIpc) is 2.51. The van der Waals surface area contributed by atoms with E-state index in [1.807, 2.05) is 6.92 Å². The summed E-state index contributed by atoms with van der Waals surface area (Å²) in [5, 5.41) is 10.8. The van der Waals surface area contributed by atoms with Crippen LogP contribution in [0.15, 0.2) is 6.20 Å².